The highest BCUT2D eigenvalue weighted by atomic mass is 16.3. The van der Waals surface area contributed by atoms with Gasteiger partial charge in [-0.2, -0.15) is 0 Å². The Labute approximate surface area is 176 Å². The lowest BCUT2D eigenvalue weighted by molar-refractivity contribution is -0.111. The van der Waals surface area contributed by atoms with Crippen LogP contribution >= 0.6 is 0 Å². The molecule has 0 aliphatic heterocycles. The van der Waals surface area contributed by atoms with Gasteiger partial charge in [0.1, 0.15) is 5.76 Å². The van der Waals surface area contributed by atoms with Crippen LogP contribution in [-0.4, -0.2) is 11.8 Å². The van der Waals surface area contributed by atoms with Crippen molar-refractivity contribution in [3.63, 3.8) is 0 Å². The van der Waals surface area contributed by atoms with E-state index in [1.165, 1.54) is 11.6 Å². The molecule has 0 bridgehead atoms. The topological polar surface area (TPSA) is 71.3 Å². The van der Waals surface area contributed by atoms with Gasteiger partial charge in [0.05, 0.1) is 24.1 Å². The maximum Gasteiger partial charge on any atom is 0.253 e. The van der Waals surface area contributed by atoms with Crippen LogP contribution < -0.4 is 10.6 Å². The first-order valence-electron chi connectivity index (χ1n) is 9.82. The molecule has 0 aliphatic carbocycles. The number of anilines is 1. The van der Waals surface area contributed by atoms with Gasteiger partial charge in [0.15, 0.2) is 0 Å². The van der Waals surface area contributed by atoms with Gasteiger partial charge in [-0.3, -0.25) is 9.59 Å². The summed E-state index contributed by atoms with van der Waals surface area (Å²) >= 11 is 0. The molecule has 1 heterocycles. The molecule has 3 aromatic rings. The Morgan fingerprint density at radius 1 is 0.967 bits per heavy atom. The summed E-state index contributed by atoms with van der Waals surface area (Å²) < 4.78 is 5.22. The standard InChI is InChI=1S/C25H26N2O3/c1-25(2,3)19-13-10-18(11-14-19)12-15-23(28)27-22-9-5-4-8-21(22)24(29)26-17-20-7-6-16-30-20/h4-16H,17H2,1-3H3,(H,26,29)(H,27,28)/b15-12+. The highest BCUT2D eigenvalue weighted by Crippen LogP contribution is 2.22. The molecule has 3 rings (SSSR count). The van der Waals surface area contributed by atoms with Crippen molar-refractivity contribution < 1.29 is 14.0 Å². The van der Waals surface area contributed by atoms with Crippen LogP contribution in [0.3, 0.4) is 0 Å². The first-order valence-corrected chi connectivity index (χ1v) is 9.82. The lowest BCUT2D eigenvalue weighted by atomic mass is 9.87. The monoisotopic (exact) mass is 402 g/mol. The summed E-state index contributed by atoms with van der Waals surface area (Å²) in [6.45, 7) is 6.76. The van der Waals surface area contributed by atoms with E-state index in [-0.39, 0.29) is 23.8 Å². The zero-order chi connectivity index (χ0) is 21.6. The Morgan fingerprint density at radius 3 is 2.37 bits per heavy atom. The molecule has 2 N–H and O–H groups in total. The number of hydrogen-bond acceptors (Lipinski definition) is 3. The number of carbonyl (C=O) groups is 2. The number of furan rings is 1. The van der Waals surface area contributed by atoms with Gasteiger partial charge >= 0.3 is 0 Å². The lowest BCUT2D eigenvalue weighted by Gasteiger charge is -2.18. The molecule has 5 nitrogen and oxygen atoms in total. The second-order valence-corrected chi connectivity index (χ2v) is 8.00. The van der Waals surface area contributed by atoms with E-state index in [2.05, 4.69) is 43.5 Å². The molecule has 0 unspecified atom stereocenters. The molecule has 0 radical (unpaired) electrons. The van der Waals surface area contributed by atoms with Crippen molar-refractivity contribution in [1.82, 2.24) is 5.32 Å². The molecule has 0 fully saturated rings. The molecule has 0 saturated carbocycles. The van der Waals surface area contributed by atoms with E-state index in [9.17, 15) is 9.59 Å². The summed E-state index contributed by atoms with van der Waals surface area (Å²) in [6.07, 6.45) is 4.77. The quantitative estimate of drug-likeness (QED) is 0.560. The normalized spacial score (nSPS) is 11.4. The third kappa shape index (κ3) is 5.70. The van der Waals surface area contributed by atoms with Gasteiger partial charge < -0.3 is 15.1 Å². The zero-order valence-electron chi connectivity index (χ0n) is 17.4. The van der Waals surface area contributed by atoms with Gasteiger partial charge in [-0.05, 0) is 46.9 Å². The average molecular weight is 402 g/mol. The third-order valence-corrected chi connectivity index (χ3v) is 4.64. The van der Waals surface area contributed by atoms with E-state index in [1.54, 1.807) is 48.7 Å². The second-order valence-electron chi connectivity index (χ2n) is 8.00. The first-order chi connectivity index (χ1) is 14.3. The summed E-state index contributed by atoms with van der Waals surface area (Å²) in [6, 6.07) is 18.5. The van der Waals surface area contributed by atoms with E-state index in [1.807, 2.05) is 12.1 Å². The Bertz CT molecular complexity index is 1030. The summed E-state index contributed by atoms with van der Waals surface area (Å²) in [5, 5.41) is 5.57. The SMILES string of the molecule is CC(C)(C)c1ccc(/C=C/C(=O)Nc2ccccc2C(=O)NCc2ccco2)cc1. The van der Waals surface area contributed by atoms with Crippen LogP contribution in [0.1, 0.15) is 48.0 Å². The highest BCUT2D eigenvalue weighted by molar-refractivity contribution is 6.07. The highest BCUT2D eigenvalue weighted by Gasteiger charge is 2.13. The fourth-order valence-corrected chi connectivity index (χ4v) is 2.91. The van der Waals surface area contributed by atoms with Gasteiger partial charge in [0.2, 0.25) is 5.91 Å². The Morgan fingerprint density at radius 2 is 1.70 bits per heavy atom. The second kappa shape index (κ2) is 9.27. The van der Waals surface area contributed by atoms with Crippen LogP contribution in [0.4, 0.5) is 5.69 Å². The fraction of sp³-hybridized carbons (Fsp3) is 0.200. The molecule has 2 aromatic carbocycles. The van der Waals surface area contributed by atoms with E-state index in [4.69, 9.17) is 4.42 Å². The van der Waals surface area contributed by atoms with Gasteiger partial charge in [-0.15, -0.1) is 0 Å². The molecule has 0 aliphatic rings. The summed E-state index contributed by atoms with van der Waals surface area (Å²) in [7, 11) is 0. The zero-order valence-corrected chi connectivity index (χ0v) is 17.4. The first kappa shape index (κ1) is 21.1. The molecular formula is C25H26N2O3. The molecular weight excluding hydrogens is 376 g/mol. The van der Waals surface area contributed by atoms with Crippen LogP contribution in [0.2, 0.25) is 0 Å². The van der Waals surface area contributed by atoms with Crippen molar-refractivity contribution in [1.29, 1.82) is 0 Å². The van der Waals surface area contributed by atoms with Crippen LogP contribution in [-0.2, 0) is 16.8 Å². The number of nitrogens with one attached hydrogen (secondary N) is 2. The predicted molar refractivity (Wildman–Crippen MR) is 119 cm³/mol. The largest absolute Gasteiger partial charge is 0.467 e. The van der Waals surface area contributed by atoms with E-state index in [0.29, 0.717) is 17.0 Å². The maximum atomic E-state index is 12.5. The summed E-state index contributed by atoms with van der Waals surface area (Å²) in [5.74, 6) is 0.0653. The Kier molecular flexibility index (Phi) is 6.52. The Hall–Kier alpha value is -3.60. The molecule has 0 spiro atoms. The number of carbonyl (C=O) groups excluding carboxylic acids is 2. The minimum absolute atomic E-state index is 0.0842. The minimum atomic E-state index is -0.304. The minimum Gasteiger partial charge on any atom is -0.467 e. The van der Waals surface area contributed by atoms with E-state index in [0.717, 1.165) is 5.56 Å². The van der Waals surface area contributed by atoms with Crippen LogP contribution in [0, 0.1) is 0 Å². The number of hydrogen-bond donors (Lipinski definition) is 2. The van der Waals surface area contributed by atoms with E-state index < -0.39 is 0 Å². The average Bonchev–Trinajstić information content (AvgIpc) is 3.24. The maximum absolute atomic E-state index is 12.5. The number of benzene rings is 2. The Balaban J connectivity index is 1.63. The van der Waals surface area contributed by atoms with Gasteiger partial charge in [0, 0.05) is 6.08 Å². The van der Waals surface area contributed by atoms with Crippen molar-refractivity contribution in [2.45, 2.75) is 32.7 Å². The van der Waals surface area contributed by atoms with E-state index >= 15 is 0 Å². The van der Waals surface area contributed by atoms with Gasteiger partial charge in [-0.25, -0.2) is 0 Å². The molecule has 30 heavy (non-hydrogen) atoms. The number of rotatable bonds is 6. The smallest absolute Gasteiger partial charge is 0.253 e. The van der Waals surface area contributed by atoms with Crippen LogP contribution in [0.5, 0.6) is 0 Å². The summed E-state index contributed by atoms with van der Waals surface area (Å²) in [4.78, 5) is 24.9. The number of para-hydroxylation sites is 1. The predicted octanol–water partition coefficient (Wildman–Crippen LogP) is 5.16. The van der Waals surface area contributed by atoms with Crippen molar-refractivity contribution in [2.75, 3.05) is 5.32 Å². The molecule has 2 amide bonds. The molecule has 154 valence electrons. The molecule has 0 saturated heterocycles. The molecule has 1 aromatic heterocycles. The van der Waals surface area contributed by atoms with Crippen LogP contribution in [0.15, 0.2) is 77.4 Å². The van der Waals surface area contributed by atoms with Gasteiger partial charge in [0.25, 0.3) is 5.91 Å². The van der Waals surface area contributed by atoms with Crippen molar-refractivity contribution in [2.24, 2.45) is 0 Å². The van der Waals surface area contributed by atoms with Gasteiger partial charge in [-0.1, -0.05) is 57.2 Å². The van der Waals surface area contributed by atoms with Crippen LogP contribution in [0.25, 0.3) is 6.08 Å². The van der Waals surface area contributed by atoms with Crippen molar-refractivity contribution in [3.8, 4) is 0 Å². The molecule has 0 atom stereocenters. The third-order valence-electron chi connectivity index (χ3n) is 4.64. The number of amides is 2. The van der Waals surface area contributed by atoms with Crippen molar-refractivity contribution in [3.05, 3.63) is 95.5 Å². The van der Waals surface area contributed by atoms with Crippen molar-refractivity contribution >= 4 is 23.6 Å². The lowest BCUT2D eigenvalue weighted by Crippen LogP contribution is -2.24. The fourth-order valence-electron chi connectivity index (χ4n) is 2.91. The summed E-state index contributed by atoms with van der Waals surface area (Å²) in [5.41, 5.74) is 3.09. The molecule has 5 heteroatoms.